The summed E-state index contributed by atoms with van der Waals surface area (Å²) in [5, 5.41) is 11.2. The second-order valence-corrected chi connectivity index (χ2v) is 7.93. The zero-order chi connectivity index (χ0) is 17.4. The number of unbranched alkanes of at least 4 members (excludes halogenated alkanes) is 1. The Hall–Kier alpha value is -0.740. The van der Waals surface area contributed by atoms with E-state index in [9.17, 15) is 0 Å². The molecule has 0 aliphatic rings. The maximum absolute atomic E-state index is 4.67. The predicted octanol–water partition coefficient (Wildman–Crippen LogP) is 4.22. The van der Waals surface area contributed by atoms with E-state index >= 15 is 0 Å². The highest BCUT2D eigenvalue weighted by molar-refractivity contribution is 14.0. The number of aliphatic imine (C=N–C) groups is 1. The summed E-state index contributed by atoms with van der Waals surface area (Å²) in [4.78, 5) is 14.9. The van der Waals surface area contributed by atoms with E-state index in [1.54, 1.807) is 22.7 Å². The molecule has 0 saturated carbocycles. The van der Waals surface area contributed by atoms with Gasteiger partial charge in [-0.15, -0.1) is 46.7 Å². The summed E-state index contributed by atoms with van der Waals surface area (Å²) in [5.74, 6) is 0.882. The average molecular weight is 493 g/mol. The molecule has 2 N–H and O–H groups in total. The van der Waals surface area contributed by atoms with Crippen molar-refractivity contribution < 1.29 is 0 Å². The van der Waals surface area contributed by atoms with E-state index in [0.29, 0.717) is 6.54 Å². The first-order chi connectivity index (χ1) is 11.6. The molecule has 0 atom stereocenters. The fourth-order valence-electron chi connectivity index (χ4n) is 2.34. The zero-order valence-corrected chi connectivity index (χ0v) is 19.3. The molecular weight excluding hydrogens is 465 g/mol. The van der Waals surface area contributed by atoms with Gasteiger partial charge < -0.3 is 10.6 Å². The molecule has 0 saturated heterocycles. The van der Waals surface area contributed by atoms with Crippen molar-refractivity contribution in [1.82, 2.24) is 20.6 Å². The van der Waals surface area contributed by atoms with Gasteiger partial charge in [-0.25, -0.2) is 15.0 Å². The number of halogens is 1. The largest absolute Gasteiger partial charge is 0.357 e. The molecule has 5 nitrogen and oxygen atoms in total. The monoisotopic (exact) mass is 493 g/mol. The van der Waals surface area contributed by atoms with Crippen LogP contribution in [0.1, 0.15) is 46.0 Å². The molecule has 0 aliphatic carbocycles. The number of hydrogen-bond donors (Lipinski definition) is 2. The Morgan fingerprint density at radius 3 is 2.56 bits per heavy atom. The summed E-state index contributed by atoms with van der Waals surface area (Å²) in [5.41, 5.74) is 2.22. The van der Waals surface area contributed by atoms with Crippen molar-refractivity contribution in [2.24, 2.45) is 4.99 Å². The molecule has 25 heavy (non-hydrogen) atoms. The van der Waals surface area contributed by atoms with Crippen LogP contribution in [0.15, 0.2) is 10.4 Å². The van der Waals surface area contributed by atoms with Gasteiger partial charge in [0.25, 0.3) is 0 Å². The van der Waals surface area contributed by atoms with Crippen molar-refractivity contribution >= 4 is 52.6 Å². The van der Waals surface area contributed by atoms with Crippen LogP contribution in [0.4, 0.5) is 0 Å². The first kappa shape index (κ1) is 22.3. The standard InChI is InChI=1S/C17H27N5S2.HI/c1-5-18-17(20-10-15-13(3)22-14(4)24-15)19-9-7-6-8-16-21-12(2)11-23-16;/h11H,5-10H2,1-4H3,(H2,18,19,20);1H. The number of nitrogens with one attached hydrogen (secondary N) is 2. The minimum Gasteiger partial charge on any atom is -0.357 e. The minimum absolute atomic E-state index is 0. The summed E-state index contributed by atoms with van der Waals surface area (Å²) in [6, 6.07) is 0. The average Bonchev–Trinajstić information content (AvgIpc) is 3.09. The van der Waals surface area contributed by atoms with Gasteiger partial charge in [0.2, 0.25) is 0 Å². The fraction of sp³-hybridized carbons (Fsp3) is 0.588. The zero-order valence-electron chi connectivity index (χ0n) is 15.4. The third kappa shape index (κ3) is 8.00. The number of thiazole rings is 2. The maximum atomic E-state index is 4.67. The number of guanidine groups is 1. The molecule has 140 valence electrons. The Morgan fingerprint density at radius 2 is 1.96 bits per heavy atom. The molecule has 0 unspecified atom stereocenters. The van der Waals surface area contributed by atoms with Crippen LogP contribution in [0.3, 0.4) is 0 Å². The minimum atomic E-state index is 0. The van der Waals surface area contributed by atoms with Gasteiger partial charge >= 0.3 is 0 Å². The fourth-order valence-corrected chi connectivity index (χ4v) is 4.02. The van der Waals surface area contributed by atoms with E-state index in [2.05, 4.69) is 44.8 Å². The van der Waals surface area contributed by atoms with Gasteiger partial charge in [-0.2, -0.15) is 0 Å². The highest BCUT2D eigenvalue weighted by Crippen LogP contribution is 2.17. The van der Waals surface area contributed by atoms with Crippen LogP contribution in [0.2, 0.25) is 0 Å². The van der Waals surface area contributed by atoms with Crippen LogP contribution in [0.5, 0.6) is 0 Å². The van der Waals surface area contributed by atoms with Gasteiger partial charge in [-0.05, 0) is 47.0 Å². The van der Waals surface area contributed by atoms with Gasteiger partial charge in [0.05, 0.1) is 22.3 Å². The van der Waals surface area contributed by atoms with E-state index in [1.165, 1.54) is 9.88 Å². The first-order valence-corrected chi connectivity index (χ1v) is 10.1. The number of aromatic nitrogens is 2. The molecule has 2 aromatic rings. The summed E-state index contributed by atoms with van der Waals surface area (Å²) in [6.45, 7) is 10.7. The molecule has 2 heterocycles. The molecular formula is C17H28IN5S2. The van der Waals surface area contributed by atoms with Gasteiger partial charge in [0.15, 0.2) is 5.96 Å². The normalized spacial score (nSPS) is 11.3. The Balaban J connectivity index is 0.00000312. The van der Waals surface area contributed by atoms with E-state index in [-0.39, 0.29) is 24.0 Å². The molecule has 8 heteroatoms. The maximum Gasteiger partial charge on any atom is 0.191 e. The summed E-state index contributed by atoms with van der Waals surface area (Å²) in [6.07, 6.45) is 3.32. The summed E-state index contributed by atoms with van der Waals surface area (Å²) < 4.78 is 0. The van der Waals surface area contributed by atoms with Crippen LogP contribution in [-0.2, 0) is 13.0 Å². The number of nitrogens with zero attached hydrogens (tertiary/aromatic N) is 3. The molecule has 0 aliphatic heterocycles. The van der Waals surface area contributed by atoms with Crippen molar-refractivity contribution in [2.45, 2.75) is 53.5 Å². The molecule has 0 amide bonds. The predicted molar refractivity (Wildman–Crippen MR) is 120 cm³/mol. The lowest BCUT2D eigenvalue weighted by atomic mass is 10.2. The lowest BCUT2D eigenvalue weighted by Crippen LogP contribution is -2.37. The lowest BCUT2D eigenvalue weighted by molar-refractivity contribution is 0.692. The highest BCUT2D eigenvalue weighted by Gasteiger charge is 2.05. The second kappa shape index (κ2) is 11.8. The summed E-state index contributed by atoms with van der Waals surface area (Å²) >= 11 is 3.49. The van der Waals surface area contributed by atoms with Crippen LogP contribution >= 0.6 is 46.7 Å². The van der Waals surface area contributed by atoms with Gasteiger partial charge in [0, 0.05) is 29.0 Å². The van der Waals surface area contributed by atoms with Gasteiger partial charge in [0.1, 0.15) is 0 Å². The third-order valence-electron chi connectivity index (χ3n) is 3.50. The van der Waals surface area contributed by atoms with Crippen molar-refractivity contribution in [3.05, 3.63) is 31.7 Å². The van der Waals surface area contributed by atoms with E-state index in [0.717, 1.165) is 54.7 Å². The van der Waals surface area contributed by atoms with Crippen molar-refractivity contribution in [2.75, 3.05) is 13.1 Å². The molecule has 0 aromatic carbocycles. The molecule has 2 rings (SSSR count). The van der Waals surface area contributed by atoms with Crippen molar-refractivity contribution in [3.8, 4) is 0 Å². The number of hydrogen-bond acceptors (Lipinski definition) is 5. The Kier molecular flexibility index (Phi) is 10.5. The number of rotatable bonds is 8. The number of aryl methyl sites for hydroxylation is 4. The molecule has 2 aromatic heterocycles. The topological polar surface area (TPSA) is 62.2 Å². The van der Waals surface area contributed by atoms with Crippen LogP contribution in [0, 0.1) is 20.8 Å². The van der Waals surface area contributed by atoms with Gasteiger partial charge in [-0.1, -0.05) is 0 Å². The van der Waals surface area contributed by atoms with Crippen LogP contribution in [-0.4, -0.2) is 29.0 Å². The van der Waals surface area contributed by atoms with E-state index < -0.39 is 0 Å². The quantitative estimate of drug-likeness (QED) is 0.250. The smallest absolute Gasteiger partial charge is 0.191 e. The highest BCUT2D eigenvalue weighted by atomic mass is 127. The Bertz CT molecular complexity index is 666. The molecule has 0 bridgehead atoms. The molecule has 0 fully saturated rings. The SMILES string of the molecule is CCNC(=NCc1sc(C)nc1C)NCCCCc1nc(C)cs1.I. The van der Waals surface area contributed by atoms with Gasteiger partial charge in [-0.3, -0.25) is 0 Å². The van der Waals surface area contributed by atoms with Crippen molar-refractivity contribution in [1.29, 1.82) is 0 Å². The molecule has 0 spiro atoms. The first-order valence-electron chi connectivity index (χ1n) is 8.44. The van der Waals surface area contributed by atoms with Crippen LogP contribution < -0.4 is 10.6 Å². The van der Waals surface area contributed by atoms with E-state index in [1.807, 2.05) is 13.8 Å². The van der Waals surface area contributed by atoms with Crippen LogP contribution in [0.25, 0.3) is 0 Å². The second-order valence-electron chi connectivity index (χ2n) is 5.70. The summed E-state index contributed by atoms with van der Waals surface area (Å²) in [7, 11) is 0. The lowest BCUT2D eigenvalue weighted by Gasteiger charge is -2.10. The Labute approximate surface area is 175 Å². The Morgan fingerprint density at radius 1 is 1.16 bits per heavy atom. The third-order valence-corrected chi connectivity index (χ3v) is 5.59. The van der Waals surface area contributed by atoms with E-state index in [4.69, 9.17) is 0 Å². The molecule has 0 radical (unpaired) electrons. The van der Waals surface area contributed by atoms with Crippen molar-refractivity contribution in [3.63, 3.8) is 0 Å².